The molecule has 110 valence electrons. The van der Waals surface area contributed by atoms with Crippen LogP contribution in [0, 0.1) is 0 Å². The van der Waals surface area contributed by atoms with Crippen molar-refractivity contribution in [3.8, 4) is 0 Å². The van der Waals surface area contributed by atoms with Crippen LogP contribution in [0.2, 0.25) is 0 Å². The lowest BCUT2D eigenvalue weighted by Crippen LogP contribution is -2.41. The summed E-state index contributed by atoms with van der Waals surface area (Å²) in [4.78, 5) is 34.5. The normalized spacial score (nSPS) is 14.3. The highest BCUT2D eigenvalue weighted by Crippen LogP contribution is 2.08. The van der Waals surface area contributed by atoms with E-state index in [1.54, 1.807) is 19.1 Å². The smallest absolute Gasteiger partial charge is 0.408 e. The monoisotopic (exact) mass is 280 g/mol. The number of hydrogen-bond donors (Lipinski definition) is 1. The van der Waals surface area contributed by atoms with Crippen LogP contribution in [0.3, 0.4) is 0 Å². The summed E-state index contributed by atoms with van der Waals surface area (Å²) in [6, 6.07) is -0.744. The molecule has 1 unspecified atom stereocenters. The van der Waals surface area contributed by atoms with Gasteiger partial charge in [0.1, 0.15) is 12.3 Å². The van der Waals surface area contributed by atoms with E-state index in [4.69, 9.17) is 4.42 Å². The molecule has 0 radical (unpaired) electrons. The Hall–Kier alpha value is -2.11. The van der Waals surface area contributed by atoms with Crippen molar-refractivity contribution in [2.45, 2.75) is 39.2 Å². The van der Waals surface area contributed by atoms with Crippen LogP contribution in [-0.2, 0) is 9.59 Å². The minimum Gasteiger partial charge on any atom is -0.408 e. The highest BCUT2D eigenvalue weighted by atomic mass is 16.4. The van der Waals surface area contributed by atoms with Crippen LogP contribution in [-0.4, -0.2) is 23.8 Å². The maximum Gasteiger partial charge on any atom is 0.420 e. The summed E-state index contributed by atoms with van der Waals surface area (Å²) in [5, 5.41) is 3.08. The Morgan fingerprint density at radius 1 is 1.50 bits per heavy atom. The van der Waals surface area contributed by atoms with Crippen LogP contribution in [0.25, 0.3) is 12.2 Å². The van der Waals surface area contributed by atoms with Crippen LogP contribution in [0.5, 0.6) is 0 Å². The molecular formula is C14H20N2O4. The van der Waals surface area contributed by atoms with E-state index in [9.17, 15) is 14.4 Å². The van der Waals surface area contributed by atoms with E-state index in [-0.39, 0.29) is 18.7 Å². The molecule has 1 aromatic heterocycles. The Kier molecular flexibility index (Phi) is 5.96. The molecule has 0 bridgehead atoms. The molecule has 1 heterocycles. The lowest BCUT2D eigenvalue weighted by molar-refractivity contribution is -0.124. The van der Waals surface area contributed by atoms with Crippen molar-refractivity contribution in [3.63, 3.8) is 0 Å². The Morgan fingerprint density at radius 3 is 2.70 bits per heavy atom. The number of oxazole rings is 1. The van der Waals surface area contributed by atoms with Gasteiger partial charge in [0.25, 0.3) is 0 Å². The third-order valence-electron chi connectivity index (χ3n) is 2.99. The first-order valence-corrected chi connectivity index (χ1v) is 6.63. The SMILES string of the molecule is C/C=c1\c(=C/CC)oc(=O)n1C(CCC=O)C(=O)NC. The van der Waals surface area contributed by atoms with Crippen LogP contribution < -0.4 is 21.8 Å². The van der Waals surface area contributed by atoms with Crippen molar-refractivity contribution in [2.75, 3.05) is 7.05 Å². The van der Waals surface area contributed by atoms with Gasteiger partial charge in [-0.25, -0.2) is 4.79 Å². The number of likely N-dealkylation sites (N-methyl/N-ethyl adjacent to an activating group) is 1. The minimum atomic E-state index is -0.744. The second kappa shape index (κ2) is 7.47. The first kappa shape index (κ1) is 15.9. The maximum absolute atomic E-state index is 12.0. The Morgan fingerprint density at radius 2 is 2.20 bits per heavy atom. The van der Waals surface area contributed by atoms with Gasteiger partial charge in [0.2, 0.25) is 5.91 Å². The summed E-state index contributed by atoms with van der Waals surface area (Å²) in [6.07, 6.45) is 5.42. The maximum atomic E-state index is 12.0. The average Bonchev–Trinajstić information content (AvgIpc) is 2.75. The van der Waals surface area contributed by atoms with Gasteiger partial charge in [-0.3, -0.25) is 9.36 Å². The van der Waals surface area contributed by atoms with Crippen LogP contribution in [0.4, 0.5) is 0 Å². The van der Waals surface area contributed by atoms with E-state index in [1.165, 1.54) is 11.6 Å². The predicted octanol–water partition coefficient (Wildman–Crippen LogP) is -0.302. The second-order valence-electron chi connectivity index (χ2n) is 4.26. The number of hydrogen-bond acceptors (Lipinski definition) is 4. The van der Waals surface area contributed by atoms with Gasteiger partial charge in [-0.05, 0) is 25.8 Å². The third-order valence-corrected chi connectivity index (χ3v) is 2.99. The topological polar surface area (TPSA) is 81.3 Å². The molecule has 1 N–H and O–H groups in total. The highest BCUT2D eigenvalue weighted by molar-refractivity contribution is 5.80. The number of nitrogens with zero attached hydrogens (tertiary/aromatic N) is 1. The van der Waals surface area contributed by atoms with E-state index in [0.29, 0.717) is 17.2 Å². The fourth-order valence-corrected chi connectivity index (χ4v) is 2.09. The molecular weight excluding hydrogens is 260 g/mol. The molecule has 0 aliphatic heterocycles. The van der Waals surface area contributed by atoms with E-state index < -0.39 is 11.8 Å². The first-order valence-electron chi connectivity index (χ1n) is 6.63. The van der Waals surface area contributed by atoms with Gasteiger partial charge in [-0.2, -0.15) is 0 Å². The zero-order chi connectivity index (χ0) is 15.1. The van der Waals surface area contributed by atoms with E-state index >= 15 is 0 Å². The van der Waals surface area contributed by atoms with Crippen molar-refractivity contribution in [2.24, 2.45) is 0 Å². The Bertz CT molecular complexity index is 639. The number of nitrogens with one attached hydrogen (secondary N) is 1. The van der Waals surface area contributed by atoms with E-state index in [1.807, 2.05) is 6.92 Å². The van der Waals surface area contributed by atoms with Crippen LogP contribution in [0.15, 0.2) is 9.21 Å². The molecule has 1 amide bonds. The fraction of sp³-hybridized carbons (Fsp3) is 0.500. The molecule has 20 heavy (non-hydrogen) atoms. The standard InChI is InChI=1S/C14H20N2O4/c1-4-7-12-10(5-2)16(14(19)20-12)11(8-6-9-17)13(18)15-3/h5,7,9,11H,4,6,8H2,1-3H3,(H,15,18)/b10-5+,12-7+. The minimum absolute atomic E-state index is 0.200. The zero-order valence-electron chi connectivity index (χ0n) is 12.0. The van der Waals surface area contributed by atoms with Gasteiger partial charge in [-0.1, -0.05) is 13.0 Å². The molecule has 0 aliphatic rings. The van der Waals surface area contributed by atoms with Gasteiger partial charge in [0, 0.05) is 13.5 Å². The number of aromatic nitrogens is 1. The van der Waals surface area contributed by atoms with Gasteiger partial charge in [0.05, 0.1) is 5.35 Å². The van der Waals surface area contributed by atoms with E-state index in [0.717, 1.165) is 6.29 Å². The highest BCUT2D eigenvalue weighted by Gasteiger charge is 2.23. The second-order valence-corrected chi connectivity index (χ2v) is 4.26. The van der Waals surface area contributed by atoms with E-state index in [2.05, 4.69) is 5.32 Å². The third kappa shape index (κ3) is 3.26. The molecule has 0 aromatic carbocycles. The van der Waals surface area contributed by atoms with Crippen molar-refractivity contribution in [3.05, 3.63) is 21.3 Å². The quantitative estimate of drug-likeness (QED) is 0.725. The number of rotatable bonds is 6. The van der Waals surface area contributed by atoms with Gasteiger partial charge >= 0.3 is 5.76 Å². The Balaban J connectivity index is 3.48. The first-order chi connectivity index (χ1) is 9.60. The molecule has 0 spiro atoms. The molecule has 1 aromatic rings. The van der Waals surface area contributed by atoms with Crippen molar-refractivity contribution in [1.29, 1.82) is 0 Å². The summed E-state index contributed by atoms with van der Waals surface area (Å²) in [5.41, 5.74) is 0.458. The Labute approximate surface area is 116 Å². The molecule has 6 nitrogen and oxygen atoms in total. The molecule has 0 aliphatic carbocycles. The summed E-state index contributed by atoms with van der Waals surface area (Å²) < 4.78 is 6.49. The van der Waals surface area contributed by atoms with Crippen molar-refractivity contribution in [1.82, 2.24) is 9.88 Å². The molecule has 0 saturated heterocycles. The summed E-state index contributed by atoms with van der Waals surface area (Å²) >= 11 is 0. The van der Waals surface area contributed by atoms with Crippen molar-refractivity contribution < 1.29 is 14.0 Å². The lowest BCUT2D eigenvalue weighted by Gasteiger charge is -2.14. The van der Waals surface area contributed by atoms with Gasteiger partial charge < -0.3 is 14.5 Å². The molecule has 0 fully saturated rings. The summed E-state index contributed by atoms with van der Waals surface area (Å²) in [7, 11) is 1.50. The predicted molar refractivity (Wildman–Crippen MR) is 75.5 cm³/mol. The molecule has 0 saturated carbocycles. The number of carbonyl (C=O) groups is 2. The van der Waals surface area contributed by atoms with Crippen LogP contribution in [0.1, 0.15) is 39.2 Å². The molecule has 1 atom stereocenters. The zero-order valence-corrected chi connectivity index (χ0v) is 12.0. The number of carbonyl (C=O) groups excluding carboxylic acids is 2. The summed E-state index contributed by atoms with van der Waals surface area (Å²) in [5.74, 6) is -0.904. The molecule has 6 heteroatoms. The van der Waals surface area contributed by atoms with Gasteiger partial charge in [-0.15, -0.1) is 0 Å². The fourth-order valence-electron chi connectivity index (χ4n) is 2.09. The number of aldehydes is 1. The number of amides is 1. The largest absolute Gasteiger partial charge is 0.420 e. The van der Waals surface area contributed by atoms with Gasteiger partial charge in [0.15, 0.2) is 5.42 Å². The lowest BCUT2D eigenvalue weighted by atomic mass is 10.1. The molecule has 1 rings (SSSR count). The van der Waals surface area contributed by atoms with Crippen molar-refractivity contribution >= 4 is 24.3 Å². The average molecular weight is 280 g/mol. The van der Waals surface area contributed by atoms with Crippen LogP contribution >= 0.6 is 0 Å². The summed E-state index contributed by atoms with van der Waals surface area (Å²) in [6.45, 7) is 3.70.